The van der Waals surface area contributed by atoms with E-state index in [1.54, 1.807) is 6.20 Å². The molecule has 4 nitrogen and oxygen atoms in total. The molecule has 1 aliphatic rings. The van der Waals surface area contributed by atoms with E-state index in [-0.39, 0.29) is 36.8 Å². The number of fused-ring (bicyclic) bond motifs is 1. The van der Waals surface area contributed by atoms with Gasteiger partial charge < -0.3 is 11.1 Å². The zero-order valence-electron chi connectivity index (χ0n) is 11.5. The Kier molecular flexibility index (Phi) is 6.40. The summed E-state index contributed by atoms with van der Waals surface area (Å²) in [5.74, 6) is 0.420. The standard InChI is InChI=1S/C15H17N3O.2ClH/c16-9-13(11-5-6-11)18-15(19)14-12-4-2-1-3-10(12)7-8-17-14;;/h1-4,7-8,11,13H,5-6,9,16H2,(H,18,19);2*1H. The van der Waals surface area contributed by atoms with Crippen LogP contribution in [0.1, 0.15) is 23.3 Å². The van der Waals surface area contributed by atoms with Crippen LogP contribution in [0.4, 0.5) is 0 Å². The number of rotatable bonds is 4. The molecule has 1 fully saturated rings. The summed E-state index contributed by atoms with van der Waals surface area (Å²) in [7, 11) is 0. The van der Waals surface area contributed by atoms with E-state index in [4.69, 9.17) is 5.73 Å². The predicted octanol–water partition coefficient (Wildman–Crippen LogP) is 2.55. The molecule has 114 valence electrons. The fourth-order valence-corrected chi connectivity index (χ4v) is 2.41. The summed E-state index contributed by atoms with van der Waals surface area (Å²) in [5, 5.41) is 4.92. The normalized spacial score (nSPS) is 14.7. The third-order valence-electron chi connectivity index (χ3n) is 3.65. The summed E-state index contributed by atoms with van der Waals surface area (Å²) >= 11 is 0. The molecule has 1 saturated carbocycles. The molecular weight excluding hydrogens is 309 g/mol. The maximum Gasteiger partial charge on any atom is 0.270 e. The van der Waals surface area contributed by atoms with Crippen molar-refractivity contribution in [1.82, 2.24) is 10.3 Å². The largest absolute Gasteiger partial charge is 0.346 e. The Morgan fingerprint density at radius 2 is 2.00 bits per heavy atom. The van der Waals surface area contributed by atoms with Gasteiger partial charge in [0.05, 0.1) is 0 Å². The summed E-state index contributed by atoms with van der Waals surface area (Å²) in [6, 6.07) is 9.76. The molecule has 1 aliphatic carbocycles. The van der Waals surface area contributed by atoms with E-state index >= 15 is 0 Å². The van der Waals surface area contributed by atoms with Crippen LogP contribution in [-0.4, -0.2) is 23.5 Å². The first-order chi connectivity index (χ1) is 9.29. The van der Waals surface area contributed by atoms with Gasteiger partial charge in [-0.05, 0) is 30.2 Å². The molecule has 1 atom stereocenters. The lowest BCUT2D eigenvalue weighted by atomic mass is 10.1. The Balaban J connectivity index is 0.00000110. The highest BCUT2D eigenvalue weighted by atomic mass is 35.5. The second-order valence-electron chi connectivity index (χ2n) is 5.03. The number of amides is 1. The molecule has 6 heteroatoms. The average molecular weight is 328 g/mol. The van der Waals surface area contributed by atoms with Gasteiger partial charge in [0.25, 0.3) is 5.91 Å². The molecule has 0 bridgehead atoms. The Labute approximate surface area is 136 Å². The van der Waals surface area contributed by atoms with Crippen LogP contribution in [0, 0.1) is 5.92 Å². The van der Waals surface area contributed by atoms with Crippen LogP contribution in [0.25, 0.3) is 10.8 Å². The number of pyridine rings is 1. The number of benzene rings is 1. The van der Waals surface area contributed by atoms with Crippen molar-refractivity contribution in [2.45, 2.75) is 18.9 Å². The van der Waals surface area contributed by atoms with Gasteiger partial charge in [-0.25, -0.2) is 0 Å². The van der Waals surface area contributed by atoms with Crippen molar-refractivity contribution < 1.29 is 4.79 Å². The van der Waals surface area contributed by atoms with Crippen molar-refractivity contribution in [2.75, 3.05) is 6.54 Å². The van der Waals surface area contributed by atoms with Crippen LogP contribution >= 0.6 is 24.8 Å². The van der Waals surface area contributed by atoms with E-state index < -0.39 is 0 Å². The first kappa shape index (κ1) is 17.7. The lowest BCUT2D eigenvalue weighted by Gasteiger charge is -2.16. The van der Waals surface area contributed by atoms with Crippen LogP contribution in [0.2, 0.25) is 0 Å². The SMILES string of the molecule is Cl.Cl.NCC(NC(=O)c1nccc2ccccc12)C1CC1. The molecule has 0 saturated heterocycles. The van der Waals surface area contributed by atoms with Crippen molar-refractivity contribution in [3.63, 3.8) is 0 Å². The van der Waals surface area contributed by atoms with Crippen LogP contribution in [0.15, 0.2) is 36.5 Å². The van der Waals surface area contributed by atoms with Gasteiger partial charge in [-0.2, -0.15) is 0 Å². The maximum absolute atomic E-state index is 12.3. The molecule has 1 aromatic heterocycles. The van der Waals surface area contributed by atoms with Crippen LogP contribution in [0.3, 0.4) is 0 Å². The van der Waals surface area contributed by atoms with E-state index in [1.807, 2.05) is 30.3 Å². The number of nitrogens with two attached hydrogens (primary N) is 1. The lowest BCUT2D eigenvalue weighted by Crippen LogP contribution is -2.42. The summed E-state index contributed by atoms with van der Waals surface area (Å²) in [4.78, 5) is 16.6. The lowest BCUT2D eigenvalue weighted by molar-refractivity contribution is 0.0930. The predicted molar refractivity (Wildman–Crippen MR) is 89.3 cm³/mol. The zero-order valence-corrected chi connectivity index (χ0v) is 13.1. The molecule has 1 heterocycles. The molecule has 21 heavy (non-hydrogen) atoms. The van der Waals surface area contributed by atoms with E-state index in [9.17, 15) is 4.79 Å². The number of carbonyl (C=O) groups is 1. The third-order valence-corrected chi connectivity index (χ3v) is 3.65. The Bertz CT molecular complexity index is 611. The zero-order chi connectivity index (χ0) is 13.2. The van der Waals surface area contributed by atoms with Gasteiger partial charge in [-0.1, -0.05) is 24.3 Å². The highest BCUT2D eigenvalue weighted by Gasteiger charge is 2.31. The smallest absolute Gasteiger partial charge is 0.270 e. The third kappa shape index (κ3) is 3.84. The number of carbonyl (C=O) groups excluding carboxylic acids is 1. The van der Waals surface area contributed by atoms with Gasteiger partial charge >= 0.3 is 0 Å². The number of halogens is 2. The van der Waals surface area contributed by atoms with E-state index in [1.165, 1.54) is 0 Å². The first-order valence-corrected chi connectivity index (χ1v) is 6.64. The fourth-order valence-electron chi connectivity index (χ4n) is 2.41. The number of hydrogen-bond acceptors (Lipinski definition) is 3. The highest BCUT2D eigenvalue weighted by molar-refractivity contribution is 6.05. The molecule has 0 radical (unpaired) electrons. The van der Waals surface area contributed by atoms with Crippen molar-refractivity contribution in [3.05, 3.63) is 42.2 Å². The quantitative estimate of drug-likeness (QED) is 0.906. The number of hydrogen-bond donors (Lipinski definition) is 2. The molecule has 0 aliphatic heterocycles. The van der Waals surface area contributed by atoms with Crippen LogP contribution in [-0.2, 0) is 0 Å². The van der Waals surface area contributed by atoms with Gasteiger partial charge in [0, 0.05) is 24.2 Å². The fraction of sp³-hybridized carbons (Fsp3) is 0.333. The molecule has 0 spiro atoms. The van der Waals surface area contributed by atoms with E-state index in [0.29, 0.717) is 18.2 Å². The molecule has 2 aromatic rings. The van der Waals surface area contributed by atoms with E-state index in [0.717, 1.165) is 23.6 Å². The van der Waals surface area contributed by atoms with Crippen molar-refractivity contribution in [3.8, 4) is 0 Å². The van der Waals surface area contributed by atoms with Crippen molar-refractivity contribution >= 4 is 41.5 Å². The van der Waals surface area contributed by atoms with Gasteiger partial charge in [-0.15, -0.1) is 24.8 Å². The second kappa shape index (κ2) is 7.59. The molecule has 1 unspecified atom stereocenters. The van der Waals surface area contributed by atoms with Crippen molar-refractivity contribution in [2.24, 2.45) is 11.7 Å². The number of aromatic nitrogens is 1. The average Bonchev–Trinajstić information content (AvgIpc) is 3.28. The minimum Gasteiger partial charge on any atom is -0.346 e. The van der Waals surface area contributed by atoms with E-state index in [2.05, 4.69) is 10.3 Å². The monoisotopic (exact) mass is 327 g/mol. The minimum atomic E-state index is -0.126. The molecular formula is C15H19Cl2N3O. The highest BCUT2D eigenvalue weighted by Crippen LogP contribution is 2.32. The van der Waals surface area contributed by atoms with Gasteiger partial charge in [0.15, 0.2) is 0 Å². The molecule has 3 rings (SSSR count). The number of nitrogens with one attached hydrogen (secondary N) is 1. The Hall–Kier alpha value is -1.36. The maximum atomic E-state index is 12.3. The molecule has 1 amide bonds. The van der Waals surface area contributed by atoms with Crippen molar-refractivity contribution in [1.29, 1.82) is 0 Å². The summed E-state index contributed by atoms with van der Waals surface area (Å²) < 4.78 is 0. The Morgan fingerprint density at radius 1 is 1.29 bits per heavy atom. The minimum absolute atomic E-state index is 0. The van der Waals surface area contributed by atoms with Gasteiger partial charge in [-0.3, -0.25) is 9.78 Å². The summed E-state index contributed by atoms with van der Waals surface area (Å²) in [6.07, 6.45) is 3.99. The Morgan fingerprint density at radius 3 is 2.67 bits per heavy atom. The number of nitrogens with zero attached hydrogens (tertiary/aromatic N) is 1. The van der Waals surface area contributed by atoms with Crippen LogP contribution in [0.5, 0.6) is 0 Å². The molecule has 3 N–H and O–H groups in total. The van der Waals surface area contributed by atoms with Crippen LogP contribution < -0.4 is 11.1 Å². The second-order valence-corrected chi connectivity index (χ2v) is 5.03. The first-order valence-electron chi connectivity index (χ1n) is 6.64. The summed E-state index contributed by atoms with van der Waals surface area (Å²) in [6.45, 7) is 0.487. The molecule has 1 aromatic carbocycles. The van der Waals surface area contributed by atoms with Gasteiger partial charge in [0.1, 0.15) is 5.69 Å². The topological polar surface area (TPSA) is 68.0 Å². The summed E-state index contributed by atoms with van der Waals surface area (Å²) in [5.41, 5.74) is 6.20. The van der Waals surface area contributed by atoms with Gasteiger partial charge in [0.2, 0.25) is 0 Å².